The molecule has 3 nitrogen and oxygen atoms in total. The lowest BCUT2D eigenvalue weighted by molar-refractivity contribution is -0.116. The first-order chi connectivity index (χ1) is 6.72. The molecule has 14 heavy (non-hydrogen) atoms. The zero-order valence-electron chi connectivity index (χ0n) is 7.66. The summed E-state index contributed by atoms with van der Waals surface area (Å²) >= 11 is 3.26. The Labute approximate surface area is 91.3 Å². The van der Waals surface area contributed by atoms with E-state index in [4.69, 9.17) is 5.11 Å². The minimum atomic E-state index is -0.00450. The van der Waals surface area contributed by atoms with Crippen LogP contribution in [0, 0.1) is 0 Å². The average Bonchev–Trinajstić information content (AvgIpc) is 2.18. The largest absolute Gasteiger partial charge is 0.508 e. The van der Waals surface area contributed by atoms with E-state index < -0.39 is 0 Å². The first kappa shape index (κ1) is 11.0. The number of nitrogens with one attached hydrogen (secondary N) is 1. The molecule has 1 aromatic carbocycles. The van der Waals surface area contributed by atoms with Crippen LogP contribution >= 0.6 is 15.9 Å². The molecule has 0 aliphatic heterocycles. The number of halogens is 1. The molecule has 0 aliphatic carbocycles. The molecule has 76 valence electrons. The molecule has 0 aromatic heterocycles. The van der Waals surface area contributed by atoms with Crippen LogP contribution in [-0.4, -0.2) is 16.3 Å². The van der Waals surface area contributed by atoms with Gasteiger partial charge in [-0.05, 0) is 30.7 Å². The fraction of sp³-hybridized carbons (Fsp3) is 0.300. The summed E-state index contributed by atoms with van der Waals surface area (Å²) in [6.07, 6.45) is 1.33. The first-order valence-corrected chi connectivity index (χ1v) is 5.49. The molecule has 1 amide bonds. The number of alkyl halides is 1. The summed E-state index contributed by atoms with van der Waals surface area (Å²) in [6, 6.07) is 6.42. The molecule has 0 bridgehead atoms. The lowest BCUT2D eigenvalue weighted by Crippen LogP contribution is -2.10. The SMILES string of the molecule is O=C(CCCBr)Nc1ccc(O)cc1. The van der Waals surface area contributed by atoms with Crippen molar-refractivity contribution in [2.45, 2.75) is 12.8 Å². The summed E-state index contributed by atoms with van der Waals surface area (Å²) in [7, 11) is 0. The van der Waals surface area contributed by atoms with Gasteiger partial charge in [-0.15, -0.1) is 0 Å². The van der Waals surface area contributed by atoms with E-state index in [1.54, 1.807) is 24.3 Å². The van der Waals surface area contributed by atoms with E-state index >= 15 is 0 Å². The lowest BCUT2D eigenvalue weighted by atomic mass is 10.2. The Morgan fingerprint density at radius 1 is 1.36 bits per heavy atom. The maximum atomic E-state index is 11.3. The van der Waals surface area contributed by atoms with Gasteiger partial charge in [0.1, 0.15) is 5.75 Å². The summed E-state index contributed by atoms with van der Waals surface area (Å²) < 4.78 is 0. The Morgan fingerprint density at radius 2 is 2.00 bits per heavy atom. The maximum absolute atomic E-state index is 11.3. The van der Waals surface area contributed by atoms with Crippen LogP contribution in [0.2, 0.25) is 0 Å². The molecule has 2 N–H and O–H groups in total. The van der Waals surface area contributed by atoms with Gasteiger partial charge in [-0.1, -0.05) is 15.9 Å². The van der Waals surface area contributed by atoms with Gasteiger partial charge in [-0.3, -0.25) is 4.79 Å². The van der Waals surface area contributed by atoms with E-state index in [9.17, 15) is 4.79 Å². The molecule has 1 aromatic rings. The number of hydrogen-bond acceptors (Lipinski definition) is 2. The molecule has 0 atom stereocenters. The topological polar surface area (TPSA) is 49.3 Å². The highest BCUT2D eigenvalue weighted by molar-refractivity contribution is 9.09. The van der Waals surface area contributed by atoms with Crippen molar-refractivity contribution in [3.05, 3.63) is 24.3 Å². The second-order valence-corrected chi connectivity index (χ2v) is 3.68. The minimum absolute atomic E-state index is 0.00450. The van der Waals surface area contributed by atoms with E-state index in [1.807, 2.05) is 0 Å². The molecule has 0 radical (unpaired) electrons. The number of phenolic OH excluding ortho intramolecular Hbond substituents is 1. The van der Waals surface area contributed by atoms with Gasteiger partial charge in [0.25, 0.3) is 0 Å². The van der Waals surface area contributed by atoms with Crippen molar-refractivity contribution in [3.8, 4) is 5.75 Å². The van der Waals surface area contributed by atoms with Crippen LogP contribution < -0.4 is 5.32 Å². The minimum Gasteiger partial charge on any atom is -0.508 e. The van der Waals surface area contributed by atoms with Crippen molar-refractivity contribution in [1.82, 2.24) is 0 Å². The van der Waals surface area contributed by atoms with Crippen molar-refractivity contribution in [2.75, 3.05) is 10.6 Å². The quantitative estimate of drug-likeness (QED) is 0.644. The highest BCUT2D eigenvalue weighted by Crippen LogP contribution is 2.13. The molecule has 0 unspecified atom stereocenters. The summed E-state index contributed by atoms with van der Waals surface area (Å²) in [6.45, 7) is 0. The zero-order chi connectivity index (χ0) is 10.4. The van der Waals surface area contributed by atoms with Crippen LogP contribution in [0.1, 0.15) is 12.8 Å². The molecular weight excluding hydrogens is 246 g/mol. The molecule has 0 heterocycles. The summed E-state index contributed by atoms with van der Waals surface area (Å²) in [5, 5.41) is 12.6. The van der Waals surface area contributed by atoms with Crippen LogP contribution in [0.15, 0.2) is 24.3 Å². The van der Waals surface area contributed by atoms with Crippen LogP contribution in [0.4, 0.5) is 5.69 Å². The average molecular weight is 258 g/mol. The van der Waals surface area contributed by atoms with Gasteiger partial charge in [-0.25, -0.2) is 0 Å². The number of anilines is 1. The third-order valence-electron chi connectivity index (χ3n) is 1.69. The molecule has 0 aliphatic rings. The molecular formula is C10H12BrNO2. The number of carbonyl (C=O) groups is 1. The van der Waals surface area contributed by atoms with Gasteiger partial charge in [0.05, 0.1) is 0 Å². The normalized spacial score (nSPS) is 9.79. The van der Waals surface area contributed by atoms with E-state index in [1.165, 1.54) is 0 Å². The Kier molecular flexibility index (Phi) is 4.46. The highest BCUT2D eigenvalue weighted by Gasteiger charge is 2.00. The van der Waals surface area contributed by atoms with Crippen molar-refractivity contribution in [1.29, 1.82) is 0 Å². The fourth-order valence-electron chi connectivity index (χ4n) is 0.996. The molecule has 0 fully saturated rings. The molecule has 1 rings (SSSR count). The Morgan fingerprint density at radius 3 is 2.57 bits per heavy atom. The number of phenols is 1. The predicted molar refractivity (Wildman–Crippen MR) is 59.8 cm³/mol. The van der Waals surface area contributed by atoms with E-state index in [0.717, 1.165) is 11.8 Å². The van der Waals surface area contributed by atoms with Crippen molar-refractivity contribution < 1.29 is 9.90 Å². The Balaban J connectivity index is 2.44. The number of carbonyl (C=O) groups excluding carboxylic acids is 1. The van der Waals surface area contributed by atoms with Gasteiger partial charge < -0.3 is 10.4 Å². The smallest absolute Gasteiger partial charge is 0.224 e. The summed E-state index contributed by atoms with van der Waals surface area (Å²) in [4.78, 5) is 11.3. The predicted octanol–water partition coefficient (Wildman–Crippen LogP) is 2.51. The van der Waals surface area contributed by atoms with Crippen LogP contribution in [0.25, 0.3) is 0 Å². The van der Waals surface area contributed by atoms with Gasteiger partial charge in [0.15, 0.2) is 0 Å². The van der Waals surface area contributed by atoms with Gasteiger partial charge >= 0.3 is 0 Å². The van der Waals surface area contributed by atoms with Crippen molar-refractivity contribution >= 4 is 27.5 Å². The second-order valence-electron chi connectivity index (χ2n) is 2.89. The lowest BCUT2D eigenvalue weighted by Gasteiger charge is -2.03. The zero-order valence-corrected chi connectivity index (χ0v) is 9.25. The standard InChI is InChI=1S/C10H12BrNO2/c11-7-1-2-10(14)12-8-3-5-9(13)6-4-8/h3-6,13H,1-2,7H2,(H,12,14). The second kappa shape index (κ2) is 5.65. The van der Waals surface area contributed by atoms with E-state index in [2.05, 4.69) is 21.2 Å². The monoisotopic (exact) mass is 257 g/mol. The molecule has 0 spiro atoms. The fourth-order valence-corrected chi connectivity index (χ4v) is 1.28. The third-order valence-corrected chi connectivity index (χ3v) is 2.25. The Hall–Kier alpha value is -1.03. The van der Waals surface area contributed by atoms with Crippen LogP contribution in [-0.2, 0) is 4.79 Å². The number of amides is 1. The third kappa shape index (κ3) is 3.79. The Bertz CT molecular complexity index is 297. The number of aromatic hydroxyl groups is 1. The van der Waals surface area contributed by atoms with Gasteiger partial charge in [-0.2, -0.15) is 0 Å². The van der Waals surface area contributed by atoms with E-state index in [0.29, 0.717) is 12.1 Å². The van der Waals surface area contributed by atoms with Crippen LogP contribution in [0.3, 0.4) is 0 Å². The molecule has 0 saturated heterocycles. The summed E-state index contributed by atoms with van der Waals surface area (Å²) in [5.41, 5.74) is 0.711. The number of rotatable bonds is 4. The maximum Gasteiger partial charge on any atom is 0.224 e. The van der Waals surface area contributed by atoms with Gasteiger partial charge in [0.2, 0.25) is 5.91 Å². The highest BCUT2D eigenvalue weighted by atomic mass is 79.9. The van der Waals surface area contributed by atoms with E-state index in [-0.39, 0.29) is 11.7 Å². The van der Waals surface area contributed by atoms with Crippen molar-refractivity contribution in [2.24, 2.45) is 0 Å². The van der Waals surface area contributed by atoms with Crippen molar-refractivity contribution in [3.63, 3.8) is 0 Å². The number of benzene rings is 1. The number of hydrogen-bond donors (Lipinski definition) is 2. The van der Waals surface area contributed by atoms with Crippen LogP contribution in [0.5, 0.6) is 5.75 Å². The molecule has 4 heteroatoms. The summed E-state index contributed by atoms with van der Waals surface area (Å²) in [5.74, 6) is 0.193. The van der Waals surface area contributed by atoms with Gasteiger partial charge in [0, 0.05) is 17.4 Å². The molecule has 0 saturated carbocycles. The first-order valence-electron chi connectivity index (χ1n) is 4.37.